The average molecular weight is 331 g/mol. The third-order valence-electron chi connectivity index (χ3n) is 3.54. The maximum absolute atomic E-state index is 12.0. The molecule has 2 heterocycles. The summed E-state index contributed by atoms with van der Waals surface area (Å²) >= 11 is 5.94. The molecule has 0 unspecified atom stereocenters. The van der Waals surface area contributed by atoms with Gasteiger partial charge in [-0.15, -0.1) is 0 Å². The summed E-state index contributed by atoms with van der Waals surface area (Å²) in [7, 11) is 5.19. The number of hydrogen-bond donors (Lipinski definition) is 0. The molecule has 0 saturated carbocycles. The zero-order valence-corrected chi connectivity index (χ0v) is 13.7. The Morgan fingerprint density at radius 1 is 1.30 bits per heavy atom. The number of methoxy groups -OCH3 is 1. The number of carbonyl (C=O) groups excluding carboxylic acids is 1. The number of ether oxygens (including phenoxy) is 1. The molecule has 1 aromatic carbocycles. The van der Waals surface area contributed by atoms with Crippen LogP contribution in [0, 0.1) is 0 Å². The lowest BCUT2D eigenvalue weighted by Crippen LogP contribution is -2.23. The SMILES string of the molecule is COC(=O)c1cnc(Cl)nc1-c1cn(N(C)C)c2ccccc12. The number of para-hydroxylation sites is 1. The van der Waals surface area contributed by atoms with Gasteiger partial charge in [0.05, 0.1) is 18.3 Å². The largest absolute Gasteiger partial charge is 0.465 e. The summed E-state index contributed by atoms with van der Waals surface area (Å²) in [4.78, 5) is 20.2. The molecule has 6 nitrogen and oxygen atoms in total. The first-order valence-electron chi connectivity index (χ1n) is 6.92. The summed E-state index contributed by atoms with van der Waals surface area (Å²) in [5.74, 6) is -0.502. The van der Waals surface area contributed by atoms with Gasteiger partial charge in [-0.2, -0.15) is 0 Å². The van der Waals surface area contributed by atoms with Crippen LogP contribution in [0.5, 0.6) is 0 Å². The van der Waals surface area contributed by atoms with Gasteiger partial charge in [-0.1, -0.05) is 18.2 Å². The zero-order chi connectivity index (χ0) is 16.6. The summed E-state index contributed by atoms with van der Waals surface area (Å²) in [5.41, 5.74) is 2.52. The lowest BCUT2D eigenvalue weighted by Gasteiger charge is -2.15. The van der Waals surface area contributed by atoms with E-state index in [0.29, 0.717) is 5.69 Å². The van der Waals surface area contributed by atoms with Crippen LogP contribution >= 0.6 is 11.6 Å². The first-order valence-corrected chi connectivity index (χ1v) is 7.29. The monoisotopic (exact) mass is 330 g/mol. The molecule has 3 rings (SSSR count). The first kappa shape index (κ1) is 15.3. The van der Waals surface area contributed by atoms with Crippen molar-refractivity contribution >= 4 is 28.5 Å². The fourth-order valence-electron chi connectivity index (χ4n) is 2.51. The summed E-state index contributed by atoms with van der Waals surface area (Å²) in [6.07, 6.45) is 3.30. The molecule has 3 aromatic rings. The van der Waals surface area contributed by atoms with Gasteiger partial charge in [0.1, 0.15) is 5.56 Å². The maximum Gasteiger partial charge on any atom is 0.341 e. The second-order valence-electron chi connectivity index (χ2n) is 5.14. The Hall–Kier alpha value is -2.60. The molecule has 0 atom stereocenters. The number of aromatic nitrogens is 3. The Morgan fingerprint density at radius 3 is 2.74 bits per heavy atom. The molecule has 0 spiro atoms. The van der Waals surface area contributed by atoms with Crippen LogP contribution in [0.4, 0.5) is 0 Å². The Kier molecular flexibility index (Phi) is 3.92. The van der Waals surface area contributed by atoms with Crippen LogP contribution in [-0.4, -0.2) is 41.8 Å². The topological polar surface area (TPSA) is 60.2 Å². The van der Waals surface area contributed by atoms with Gasteiger partial charge in [-0.3, -0.25) is 4.68 Å². The van der Waals surface area contributed by atoms with Crippen molar-refractivity contribution in [1.82, 2.24) is 14.6 Å². The Bertz CT molecular complexity index is 889. The lowest BCUT2D eigenvalue weighted by atomic mass is 10.1. The number of rotatable bonds is 3. The molecule has 118 valence electrons. The number of fused-ring (bicyclic) bond motifs is 1. The molecular formula is C16H15ClN4O2. The summed E-state index contributed by atoms with van der Waals surface area (Å²) < 4.78 is 6.80. The van der Waals surface area contributed by atoms with Crippen LogP contribution in [0.3, 0.4) is 0 Å². The molecule has 0 aliphatic carbocycles. The fourth-order valence-corrected chi connectivity index (χ4v) is 2.64. The van der Waals surface area contributed by atoms with Crippen LogP contribution in [0.2, 0.25) is 5.28 Å². The number of hydrogen-bond acceptors (Lipinski definition) is 5. The highest BCUT2D eigenvalue weighted by Gasteiger charge is 2.20. The van der Waals surface area contributed by atoms with Crippen LogP contribution in [0.15, 0.2) is 36.7 Å². The molecule has 0 aliphatic heterocycles. The van der Waals surface area contributed by atoms with Crippen molar-refractivity contribution in [2.75, 3.05) is 26.2 Å². The smallest absolute Gasteiger partial charge is 0.341 e. The minimum atomic E-state index is -0.502. The molecule has 0 aliphatic rings. The van der Waals surface area contributed by atoms with E-state index in [1.807, 2.05) is 54.2 Å². The first-order chi connectivity index (χ1) is 11.0. The van der Waals surface area contributed by atoms with E-state index in [1.54, 1.807) is 0 Å². The predicted octanol–water partition coefficient (Wildman–Crippen LogP) is 2.74. The van der Waals surface area contributed by atoms with Gasteiger partial charge in [0.15, 0.2) is 0 Å². The van der Waals surface area contributed by atoms with Crippen LogP contribution in [0.1, 0.15) is 10.4 Å². The van der Waals surface area contributed by atoms with Crippen molar-refractivity contribution in [3.8, 4) is 11.3 Å². The van der Waals surface area contributed by atoms with Crippen molar-refractivity contribution in [3.05, 3.63) is 47.5 Å². The number of carbonyl (C=O) groups is 1. The van der Waals surface area contributed by atoms with Crippen molar-refractivity contribution in [3.63, 3.8) is 0 Å². The summed E-state index contributed by atoms with van der Waals surface area (Å²) in [6, 6.07) is 7.87. The molecule has 0 bridgehead atoms. The van der Waals surface area contributed by atoms with Crippen LogP contribution < -0.4 is 5.01 Å². The van der Waals surface area contributed by atoms with E-state index in [2.05, 4.69) is 9.97 Å². The molecule has 7 heteroatoms. The van der Waals surface area contributed by atoms with Gasteiger partial charge in [0.25, 0.3) is 0 Å². The Morgan fingerprint density at radius 2 is 2.04 bits per heavy atom. The lowest BCUT2D eigenvalue weighted by molar-refractivity contribution is 0.0601. The molecule has 0 radical (unpaired) electrons. The molecule has 0 N–H and O–H groups in total. The van der Waals surface area contributed by atoms with E-state index in [1.165, 1.54) is 13.3 Å². The van der Waals surface area contributed by atoms with Crippen molar-refractivity contribution in [2.24, 2.45) is 0 Å². The quantitative estimate of drug-likeness (QED) is 0.546. The zero-order valence-electron chi connectivity index (χ0n) is 12.9. The molecule has 0 fully saturated rings. The molecule has 23 heavy (non-hydrogen) atoms. The summed E-state index contributed by atoms with van der Waals surface area (Å²) in [5, 5.41) is 2.97. The van der Waals surface area contributed by atoms with E-state index in [4.69, 9.17) is 16.3 Å². The van der Waals surface area contributed by atoms with Crippen molar-refractivity contribution in [1.29, 1.82) is 0 Å². The summed E-state index contributed by atoms with van der Waals surface area (Å²) in [6.45, 7) is 0. The number of nitrogens with zero attached hydrogens (tertiary/aromatic N) is 4. The minimum absolute atomic E-state index is 0.0781. The Labute approximate surface area is 138 Å². The normalized spacial score (nSPS) is 10.8. The predicted molar refractivity (Wildman–Crippen MR) is 89.4 cm³/mol. The van der Waals surface area contributed by atoms with E-state index in [0.717, 1.165) is 16.5 Å². The van der Waals surface area contributed by atoms with Crippen molar-refractivity contribution in [2.45, 2.75) is 0 Å². The third kappa shape index (κ3) is 2.61. The second-order valence-corrected chi connectivity index (χ2v) is 5.48. The Balaban J connectivity index is 2.33. The van der Waals surface area contributed by atoms with E-state index in [9.17, 15) is 4.79 Å². The van der Waals surface area contributed by atoms with E-state index >= 15 is 0 Å². The number of esters is 1. The average Bonchev–Trinajstić information content (AvgIpc) is 2.94. The fraction of sp³-hybridized carbons (Fsp3) is 0.188. The molecule has 0 saturated heterocycles. The van der Waals surface area contributed by atoms with E-state index in [-0.39, 0.29) is 10.8 Å². The molecule has 0 amide bonds. The van der Waals surface area contributed by atoms with Crippen LogP contribution in [0.25, 0.3) is 22.2 Å². The van der Waals surface area contributed by atoms with Gasteiger partial charge in [0, 0.05) is 37.4 Å². The third-order valence-corrected chi connectivity index (χ3v) is 3.73. The number of halogens is 1. The maximum atomic E-state index is 12.0. The molecule has 2 aromatic heterocycles. The standard InChI is InChI=1S/C16H15ClN4O2/c1-20(2)21-9-12(10-6-4-5-7-13(10)21)14-11(15(22)23-3)8-18-16(17)19-14/h4-9H,1-3H3. The highest BCUT2D eigenvalue weighted by molar-refractivity contribution is 6.28. The van der Waals surface area contributed by atoms with Gasteiger partial charge in [-0.05, 0) is 17.7 Å². The highest BCUT2D eigenvalue weighted by atomic mass is 35.5. The molecular weight excluding hydrogens is 316 g/mol. The number of benzene rings is 1. The van der Waals surface area contributed by atoms with Gasteiger partial charge in [0.2, 0.25) is 5.28 Å². The highest BCUT2D eigenvalue weighted by Crippen LogP contribution is 2.32. The minimum Gasteiger partial charge on any atom is -0.465 e. The van der Waals surface area contributed by atoms with E-state index < -0.39 is 5.97 Å². The van der Waals surface area contributed by atoms with Crippen molar-refractivity contribution < 1.29 is 9.53 Å². The van der Waals surface area contributed by atoms with Gasteiger partial charge < -0.3 is 9.75 Å². The van der Waals surface area contributed by atoms with Gasteiger partial charge >= 0.3 is 5.97 Å². The van der Waals surface area contributed by atoms with Gasteiger partial charge in [-0.25, -0.2) is 14.8 Å². The van der Waals surface area contributed by atoms with Crippen LogP contribution in [-0.2, 0) is 4.74 Å². The second kappa shape index (κ2) is 5.89.